The Hall–Kier alpha value is -2.86. The number of ether oxygens (including phenoxy) is 1. The van der Waals surface area contributed by atoms with Crippen molar-refractivity contribution in [1.29, 1.82) is 0 Å². The van der Waals surface area contributed by atoms with Crippen LogP contribution in [0.2, 0.25) is 0 Å². The van der Waals surface area contributed by atoms with Crippen LogP contribution in [0.1, 0.15) is 41.6 Å². The number of hydrogen-bond acceptors (Lipinski definition) is 4. The fourth-order valence-electron chi connectivity index (χ4n) is 4.06. The molecule has 6 heteroatoms. The number of Topliss-reactive ketones (excluding diaryl/α,β-unsaturated/α-hetero) is 1. The average molecular weight is 410 g/mol. The molecule has 3 aromatic rings. The van der Waals surface area contributed by atoms with Crippen LogP contribution in [-0.4, -0.2) is 24.0 Å². The minimum Gasteiger partial charge on any atom is -0.381 e. The molecule has 0 aliphatic carbocycles. The highest BCUT2D eigenvalue weighted by molar-refractivity contribution is 6.11. The van der Waals surface area contributed by atoms with Crippen molar-refractivity contribution in [1.82, 2.24) is 4.98 Å². The molecule has 2 aromatic carbocycles. The summed E-state index contributed by atoms with van der Waals surface area (Å²) in [6.07, 6.45) is 4.88. The zero-order chi connectivity index (χ0) is 21.1. The maximum absolute atomic E-state index is 13.6. The molecule has 0 spiro atoms. The minimum absolute atomic E-state index is 0.0663. The molecule has 1 aliphatic heterocycles. The Labute approximate surface area is 174 Å². The number of fused-ring (bicyclic) bond motifs is 1. The molecule has 0 radical (unpaired) electrons. The number of nitrogens with zero attached hydrogens (tertiary/aromatic N) is 1. The predicted molar refractivity (Wildman–Crippen MR) is 113 cm³/mol. The lowest BCUT2D eigenvalue weighted by atomic mass is 9.91. The summed E-state index contributed by atoms with van der Waals surface area (Å²) in [5.74, 6) is -0.293. The van der Waals surface area contributed by atoms with E-state index in [-0.39, 0.29) is 11.5 Å². The van der Waals surface area contributed by atoms with E-state index in [2.05, 4.69) is 10.3 Å². The number of aromatic nitrogens is 1. The van der Waals surface area contributed by atoms with Crippen LogP contribution < -0.4 is 5.32 Å². The number of hydrogen-bond donors (Lipinski definition) is 1. The second kappa shape index (κ2) is 8.88. The second-order valence-electron chi connectivity index (χ2n) is 7.82. The van der Waals surface area contributed by atoms with Crippen LogP contribution in [0.15, 0.2) is 42.6 Å². The van der Waals surface area contributed by atoms with Crippen molar-refractivity contribution in [3.05, 3.63) is 65.4 Å². The van der Waals surface area contributed by atoms with E-state index in [0.29, 0.717) is 23.7 Å². The average Bonchev–Trinajstić information content (AvgIpc) is 2.73. The van der Waals surface area contributed by atoms with Gasteiger partial charge in [0.05, 0.1) is 0 Å². The molecule has 1 saturated heterocycles. The van der Waals surface area contributed by atoms with E-state index in [0.717, 1.165) is 54.9 Å². The number of anilines is 2. The molecule has 0 unspecified atom stereocenters. The minimum atomic E-state index is -0.669. The Balaban J connectivity index is 1.63. The SMILES string of the molecule is Cc1cccc2c(Nc3cc(F)cc(F)c3)ncc(C(=O)CCC3CCOCC3)c12. The van der Waals surface area contributed by atoms with Gasteiger partial charge in [-0.1, -0.05) is 18.2 Å². The first-order valence-corrected chi connectivity index (χ1v) is 10.2. The topological polar surface area (TPSA) is 51.2 Å². The van der Waals surface area contributed by atoms with Gasteiger partial charge in [0.1, 0.15) is 17.5 Å². The fourth-order valence-corrected chi connectivity index (χ4v) is 4.06. The van der Waals surface area contributed by atoms with Crippen LogP contribution in [-0.2, 0) is 4.74 Å². The third-order valence-electron chi connectivity index (χ3n) is 5.67. The van der Waals surface area contributed by atoms with Gasteiger partial charge in [0, 0.05) is 53.9 Å². The van der Waals surface area contributed by atoms with Crippen LogP contribution in [0.3, 0.4) is 0 Å². The smallest absolute Gasteiger partial charge is 0.165 e. The van der Waals surface area contributed by atoms with E-state index >= 15 is 0 Å². The van der Waals surface area contributed by atoms with Gasteiger partial charge in [0.2, 0.25) is 0 Å². The van der Waals surface area contributed by atoms with Crippen LogP contribution in [0, 0.1) is 24.5 Å². The molecule has 1 aromatic heterocycles. The van der Waals surface area contributed by atoms with E-state index in [9.17, 15) is 13.6 Å². The monoisotopic (exact) mass is 410 g/mol. The molecule has 4 nitrogen and oxygen atoms in total. The molecule has 2 heterocycles. The number of benzene rings is 2. The summed E-state index contributed by atoms with van der Waals surface area (Å²) in [7, 11) is 0. The second-order valence-corrected chi connectivity index (χ2v) is 7.82. The number of nitrogens with one attached hydrogen (secondary N) is 1. The summed E-state index contributed by atoms with van der Waals surface area (Å²) < 4.78 is 32.5. The third-order valence-corrected chi connectivity index (χ3v) is 5.67. The molecule has 4 rings (SSSR count). The normalized spacial score (nSPS) is 14.8. The van der Waals surface area contributed by atoms with E-state index in [1.54, 1.807) is 6.20 Å². The van der Waals surface area contributed by atoms with Crippen molar-refractivity contribution >= 4 is 28.1 Å². The van der Waals surface area contributed by atoms with Gasteiger partial charge in [-0.25, -0.2) is 13.8 Å². The largest absolute Gasteiger partial charge is 0.381 e. The van der Waals surface area contributed by atoms with Gasteiger partial charge in [-0.05, 0) is 49.8 Å². The van der Waals surface area contributed by atoms with Crippen LogP contribution in [0.5, 0.6) is 0 Å². The maximum atomic E-state index is 13.6. The highest BCUT2D eigenvalue weighted by Crippen LogP contribution is 2.31. The summed E-state index contributed by atoms with van der Waals surface area (Å²) in [5, 5.41) is 4.56. The summed E-state index contributed by atoms with van der Waals surface area (Å²) in [4.78, 5) is 17.4. The van der Waals surface area contributed by atoms with E-state index in [1.165, 1.54) is 12.1 Å². The molecule has 0 saturated carbocycles. The van der Waals surface area contributed by atoms with Crippen molar-refractivity contribution in [2.75, 3.05) is 18.5 Å². The first-order chi connectivity index (χ1) is 14.5. The van der Waals surface area contributed by atoms with Gasteiger partial charge in [0.15, 0.2) is 5.78 Å². The maximum Gasteiger partial charge on any atom is 0.165 e. The molecular formula is C24H24F2N2O2. The van der Waals surface area contributed by atoms with Gasteiger partial charge in [0.25, 0.3) is 0 Å². The van der Waals surface area contributed by atoms with Crippen molar-refractivity contribution in [2.24, 2.45) is 5.92 Å². The first-order valence-electron chi connectivity index (χ1n) is 10.2. The van der Waals surface area contributed by atoms with Crippen molar-refractivity contribution in [2.45, 2.75) is 32.6 Å². The molecule has 0 bridgehead atoms. The highest BCUT2D eigenvalue weighted by atomic mass is 19.1. The number of pyridine rings is 1. The highest BCUT2D eigenvalue weighted by Gasteiger charge is 2.19. The Morgan fingerprint density at radius 3 is 2.63 bits per heavy atom. The zero-order valence-electron chi connectivity index (χ0n) is 16.9. The standard InChI is InChI=1S/C24H24F2N2O2/c1-15-3-2-4-20-23(15)21(22(29)6-5-16-7-9-30-10-8-16)14-27-24(20)28-19-12-17(25)11-18(26)13-19/h2-4,11-14,16H,5-10H2,1H3,(H,27,28). The summed E-state index contributed by atoms with van der Waals surface area (Å²) in [5.41, 5.74) is 1.81. The number of carbonyl (C=O) groups is 1. The molecule has 156 valence electrons. The Bertz CT molecular complexity index is 1060. The van der Waals surface area contributed by atoms with Gasteiger partial charge >= 0.3 is 0 Å². The Kier molecular flexibility index (Phi) is 6.04. The van der Waals surface area contributed by atoms with Crippen LogP contribution in [0.25, 0.3) is 10.8 Å². The molecule has 30 heavy (non-hydrogen) atoms. The number of aryl methyl sites for hydroxylation is 1. The lowest BCUT2D eigenvalue weighted by molar-refractivity contribution is 0.0619. The molecule has 0 amide bonds. The zero-order valence-corrected chi connectivity index (χ0v) is 16.9. The lowest BCUT2D eigenvalue weighted by Crippen LogP contribution is -2.16. The number of ketones is 1. The molecule has 1 N–H and O–H groups in total. The summed E-state index contributed by atoms with van der Waals surface area (Å²) >= 11 is 0. The molecule has 1 fully saturated rings. The van der Waals surface area contributed by atoms with Crippen molar-refractivity contribution in [3.63, 3.8) is 0 Å². The van der Waals surface area contributed by atoms with E-state index in [1.807, 2.05) is 25.1 Å². The molecule has 0 atom stereocenters. The number of rotatable bonds is 6. The Morgan fingerprint density at radius 1 is 1.17 bits per heavy atom. The Morgan fingerprint density at radius 2 is 1.90 bits per heavy atom. The van der Waals surface area contributed by atoms with Gasteiger partial charge < -0.3 is 10.1 Å². The van der Waals surface area contributed by atoms with E-state index in [4.69, 9.17) is 4.74 Å². The lowest BCUT2D eigenvalue weighted by Gasteiger charge is -2.21. The van der Waals surface area contributed by atoms with E-state index < -0.39 is 11.6 Å². The summed E-state index contributed by atoms with van der Waals surface area (Å²) in [6, 6.07) is 8.93. The van der Waals surface area contributed by atoms with Crippen LogP contribution >= 0.6 is 0 Å². The fraction of sp³-hybridized carbons (Fsp3) is 0.333. The summed E-state index contributed by atoms with van der Waals surface area (Å²) in [6.45, 7) is 3.48. The predicted octanol–water partition coefficient (Wildman–Crippen LogP) is 5.95. The van der Waals surface area contributed by atoms with Gasteiger partial charge in [-0.3, -0.25) is 4.79 Å². The number of carbonyl (C=O) groups excluding carboxylic acids is 1. The van der Waals surface area contributed by atoms with Crippen molar-refractivity contribution in [3.8, 4) is 0 Å². The first kappa shape index (κ1) is 20.4. The van der Waals surface area contributed by atoms with Crippen LogP contribution in [0.4, 0.5) is 20.3 Å². The third kappa shape index (κ3) is 4.49. The van der Waals surface area contributed by atoms with Gasteiger partial charge in [-0.2, -0.15) is 0 Å². The van der Waals surface area contributed by atoms with Gasteiger partial charge in [-0.15, -0.1) is 0 Å². The quantitative estimate of drug-likeness (QED) is 0.510. The number of halogens is 2. The van der Waals surface area contributed by atoms with Crippen molar-refractivity contribution < 1.29 is 18.3 Å². The molecule has 1 aliphatic rings. The molecular weight excluding hydrogens is 386 g/mol.